The van der Waals surface area contributed by atoms with Gasteiger partial charge in [0, 0.05) is 17.6 Å². The Hall–Kier alpha value is -4.18. The number of aromatic nitrogens is 2. The summed E-state index contributed by atoms with van der Waals surface area (Å²) in [6.45, 7) is 0. The van der Waals surface area contributed by atoms with Crippen LogP contribution < -0.4 is 15.4 Å². The number of benzene rings is 2. The number of carbonyl (C=O) groups excluding carboxylic acids is 1. The van der Waals surface area contributed by atoms with Crippen molar-refractivity contribution >= 4 is 27.4 Å². The summed E-state index contributed by atoms with van der Waals surface area (Å²) in [6, 6.07) is 11.7. The van der Waals surface area contributed by atoms with Crippen molar-refractivity contribution in [1.29, 1.82) is 5.26 Å². The summed E-state index contributed by atoms with van der Waals surface area (Å²) in [5.74, 6) is -0.0369. The molecule has 2 amide bonds. The molecule has 4 rings (SSSR count). The highest BCUT2D eigenvalue weighted by Gasteiger charge is 2.38. The average Bonchev–Trinajstić information content (AvgIpc) is 2.88. The van der Waals surface area contributed by atoms with Crippen molar-refractivity contribution in [1.82, 2.24) is 15.3 Å². The minimum Gasteiger partial charge on any atom is -0.327 e. The number of nitrogens with one attached hydrogen (secondary N) is 3. The molecule has 1 heterocycles. The molecule has 0 bridgehead atoms. The highest BCUT2D eigenvalue weighted by Crippen LogP contribution is 2.40. The fraction of sp³-hybridized carbons (Fsp3) is 0.308. The first-order chi connectivity index (χ1) is 18.4. The van der Waals surface area contributed by atoms with E-state index in [0.717, 1.165) is 31.6 Å². The van der Waals surface area contributed by atoms with Crippen LogP contribution in [0.25, 0.3) is 11.1 Å². The van der Waals surface area contributed by atoms with Crippen LogP contribution in [0.3, 0.4) is 0 Å². The average molecular weight is 559 g/mol. The summed E-state index contributed by atoms with van der Waals surface area (Å²) >= 11 is 0. The first-order valence-corrected chi connectivity index (χ1v) is 13.9. The third kappa shape index (κ3) is 6.83. The minimum absolute atomic E-state index is 0.0369. The molecule has 0 radical (unpaired) electrons. The number of rotatable bonds is 6. The Labute approximate surface area is 223 Å². The van der Waals surface area contributed by atoms with Crippen molar-refractivity contribution in [2.75, 3.05) is 16.3 Å². The number of hydrogen-bond donors (Lipinski definition) is 3. The van der Waals surface area contributed by atoms with Crippen LogP contribution in [0.5, 0.6) is 0 Å². The van der Waals surface area contributed by atoms with Crippen LogP contribution in [0.2, 0.25) is 0 Å². The molecule has 1 aromatic heterocycles. The van der Waals surface area contributed by atoms with E-state index in [0.29, 0.717) is 18.5 Å². The van der Waals surface area contributed by atoms with Gasteiger partial charge in [0.05, 0.1) is 23.1 Å². The van der Waals surface area contributed by atoms with E-state index in [-0.39, 0.29) is 28.3 Å². The Morgan fingerprint density at radius 3 is 2.31 bits per heavy atom. The molecule has 9 nitrogen and oxygen atoms in total. The zero-order valence-electron chi connectivity index (χ0n) is 20.8. The van der Waals surface area contributed by atoms with Gasteiger partial charge in [0.15, 0.2) is 0 Å². The molecule has 1 aliphatic carbocycles. The molecule has 204 valence electrons. The Morgan fingerprint density at radius 1 is 1.03 bits per heavy atom. The van der Waals surface area contributed by atoms with E-state index in [4.69, 9.17) is 0 Å². The van der Waals surface area contributed by atoms with Gasteiger partial charge >= 0.3 is 12.2 Å². The number of nitrogens with zero attached hydrogens (tertiary/aromatic N) is 3. The smallest absolute Gasteiger partial charge is 0.327 e. The van der Waals surface area contributed by atoms with Crippen LogP contribution in [-0.4, -0.2) is 30.7 Å². The number of nitriles is 1. The first kappa shape index (κ1) is 27.8. The van der Waals surface area contributed by atoms with E-state index in [1.54, 1.807) is 6.07 Å². The monoisotopic (exact) mass is 558 g/mol. The highest BCUT2D eigenvalue weighted by atomic mass is 32.2. The second-order valence-corrected chi connectivity index (χ2v) is 11.1. The number of halogens is 3. The number of amides is 2. The summed E-state index contributed by atoms with van der Waals surface area (Å²) in [5.41, 5.74) is -1.14. The molecule has 13 heteroatoms. The third-order valence-corrected chi connectivity index (χ3v) is 6.99. The lowest BCUT2D eigenvalue weighted by molar-refractivity contribution is -0.137. The number of urea groups is 1. The maximum absolute atomic E-state index is 14.0. The molecule has 0 saturated heterocycles. The zero-order chi connectivity index (χ0) is 28.3. The van der Waals surface area contributed by atoms with Gasteiger partial charge in [-0.25, -0.2) is 23.2 Å². The second-order valence-electron chi connectivity index (χ2n) is 9.31. The molecular formula is C26H25F3N6O3S. The normalized spacial score (nSPS) is 15.2. The largest absolute Gasteiger partial charge is 0.417 e. The van der Waals surface area contributed by atoms with Crippen molar-refractivity contribution in [3.63, 3.8) is 0 Å². The third-order valence-electron chi connectivity index (χ3n) is 6.39. The lowest BCUT2D eigenvalue weighted by Crippen LogP contribution is -2.49. The first-order valence-electron chi connectivity index (χ1n) is 12.0. The van der Waals surface area contributed by atoms with Gasteiger partial charge < -0.3 is 10.6 Å². The van der Waals surface area contributed by atoms with Crippen molar-refractivity contribution in [2.45, 2.75) is 43.8 Å². The van der Waals surface area contributed by atoms with Crippen LogP contribution >= 0.6 is 0 Å². The quantitative estimate of drug-likeness (QED) is 0.371. The van der Waals surface area contributed by atoms with Gasteiger partial charge in [0.25, 0.3) is 0 Å². The number of alkyl halides is 3. The van der Waals surface area contributed by atoms with Gasteiger partial charge in [-0.15, -0.1) is 0 Å². The van der Waals surface area contributed by atoms with E-state index in [1.165, 1.54) is 42.6 Å². The van der Waals surface area contributed by atoms with E-state index in [1.807, 2.05) is 6.07 Å². The number of hydrogen-bond acceptors (Lipinski definition) is 6. The number of carbonyl (C=O) groups is 1. The summed E-state index contributed by atoms with van der Waals surface area (Å²) in [5, 5.41) is 14.6. The second kappa shape index (κ2) is 10.9. The summed E-state index contributed by atoms with van der Waals surface area (Å²) in [4.78, 5) is 21.2. The molecule has 0 spiro atoms. The standard InChI is InChI=1S/C26H25F3N6O3S/c1-39(37,38)35-18-7-5-17(6-8-18)20-10-9-19(15-21(20)26(27,28)29)32-24(36)34-25(12-3-2-4-13-25)22-11-14-31-23(16-30)33-22/h5-11,14-15,35H,2-4,12-13H2,1H3,(H2,32,34,36). The lowest BCUT2D eigenvalue weighted by Gasteiger charge is -2.37. The van der Waals surface area contributed by atoms with Crippen molar-refractivity contribution in [3.05, 3.63) is 71.8 Å². The number of sulfonamides is 1. The molecule has 0 aliphatic heterocycles. The minimum atomic E-state index is -4.73. The Balaban J connectivity index is 1.59. The maximum Gasteiger partial charge on any atom is 0.417 e. The summed E-state index contributed by atoms with van der Waals surface area (Å²) in [7, 11) is -3.54. The van der Waals surface area contributed by atoms with Crippen molar-refractivity contribution in [2.24, 2.45) is 0 Å². The molecule has 3 aromatic rings. The summed E-state index contributed by atoms with van der Waals surface area (Å²) in [6.07, 6.45) is 1.36. The van der Waals surface area contributed by atoms with Gasteiger partial charge in [-0.05, 0) is 54.3 Å². The van der Waals surface area contributed by atoms with Crippen LogP contribution in [-0.2, 0) is 21.7 Å². The van der Waals surface area contributed by atoms with Crippen molar-refractivity contribution in [3.8, 4) is 17.2 Å². The molecule has 1 fully saturated rings. The van der Waals surface area contributed by atoms with Gasteiger partial charge in [-0.1, -0.05) is 37.5 Å². The van der Waals surface area contributed by atoms with E-state index in [9.17, 15) is 31.6 Å². The summed E-state index contributed by atoms with van der Waals surface area (Å²) < 4.78 is 67.1. The molecule has 0 unspecified atom stereocenters. The van der Waals surface area contributed by atoms with Crippen LogP contribution in [0.15, 0.2) is 54.7 Å². The molecule has 2 aromatic carbocycles. The molecular weight excluding hydrogens is 533 g/mol. The Bertz CT molecular complexity index is 1510. The van der Waals surface area contributed by atoms with E-state index < -0.39 is 33.3 Å². The Morgan fingerprint density at radius 2 is 1.69 bits per heavy atom. The predicted molar refractivity (Wildman–Crippen MR) is 139 cm³/mol. The molecule has 0 atom stereocenters. The fourth-order valence-corrected chi connectivity index (χ4v) is 5.26. The van der Waals surface area contributed by atoms with E-state index >= 15 is 0 Å². The SMILES string of the molecule is CS(=O)(=O)Nc1ccc(-c2ccc(NC(=O)NC3(c4ccnc(C#N)n4)CCCCC3)cc2C(F)(F)F)cc1. The highest BCUT2D eigenvalue weighted by molar-refractivity contribution is 7.92. The predicted octanol–water partition coefficient (Wildman–Crippen LogP) is 5.39. The Kier molecular flexibility index (Phi) is 7.78. The van der Waals surface area contributed by atoms with Crippen molar-refractivity contribution < 1.29 is 26.4 Å². The number of anilines is 2. The van der Waals surface area contributed by atoms with Gasteiger partial charge in [0.1, 0.15) is 6.07 Å². The lowest BCUT2D eigenvalue weighted by atomic mass is 9.79. The fourth-order valence-electron chi connectivity index (χ4n) is 4.70. The zero-order valence-corrected chi connectivity index (χ0v) is 21.7. The topological polar surface area (TPSA) is 137 Å². The molecule has 1 saturated carbocycles. The molecule has 1 aliphatic rings. The maximum atomic E-state index is 14.0. The molecule has 39 heavy (non-hydrogen) atoms. The van der Waals surface area contributed by atoms with Crippen LogP contribution in [0.4, 0.5) is 29.3 Å². The van der Waals surface area contributed by atoms with Gasteiger partial charge in [-0.2, -0.15) is 18.4 Å². The van der Waals surface area contributed by atoms with Crippen LogP contribution in [0, 0.1) is 11.3 Å². The molecule has 3 N–H and O–H groups in total. The van der Waals surface area contributed by atoms with E-state index in [2.05, 4.69) is 25.3 Å². The van der Waals surface area contributed by atoms with Gasteiger partial charge in [-0.3, -0.25) is 4.72 Å². The van der Waals surface area contributed by atoms with Gasteiger partial charge in [0.2, 0.25) is 15.8 Å². The van der Waals surface area contributed by atoms with Crippen LogP contribution in [0.1, 0.15) is 49.2 Å².